The van der Waals surface area contributed by atoms with Crippen molar-refractivity contribution in [2.45, 2.75) is 45.6 Å². The average molecular weight is 306 g/mol. The van der Waals surface area contributed by atoms with Crippen molar-refractivity contribution in [3.05, 3.63) is 51.8 Å². The molecule has 0 aliphatic rings. The van der Waals surface area contributed by atoms with Gasteiger partial charge in [0.05, 0.1) is 16.4 Å². The minimum atomic E-state index is 0.0993. The Morgan fingerprint density at radius 2 is 2.05 bits per heavy atom. The molecule has 2 N–H and O–H groups in total. The third-order valence-electron chi connectivity index (χ3n) is 4.00. The van der Waals surface area contributed by atoms with Crippen LogP contribution < -0.4 is 5.73 Å². The number of rotatable bonds is 6. The first kappa shape index (κ1) is 16.1. The maximum Gasteiger partial charge on any atom is 0.0850 e. The van der Waals surface area contributed by atoms with Gasteiger partial charge in [-0.25, -0.2) is 0 Å². The summed E-state index contributed by atoms with van der Waals surface area (Å²) in [6.07, 6.45) is 3.58. The van der Waals surface area contributed by atoms with Crippen LogP contribution in [0.4, 0.5) is 0 Å². The Morgan fingerprint density at radius 3 is 2.67 bits per heavy atom. The molecule has 114 valence electrons. The molecule has 0 spiro atoms. The van der Waals surface area contributed by atoms with Crippen LogP contribution in [0.5, 0.6) is 0 Å². The second-order valence-corrected chi connectivity index (χ2v) is 5.99. The molecular formula is C17H24ClN3. The van der Waals surface area contributed by atoms with Crippen molar-refractivity contribution in [1.29, 1.82) is 0 Å². The fraction of sp³-hybridized carbons (Fsp3) is 0.471. The summed E-state index contributed by atoms with van der Waals surface area (Å²) in [7, 11) is 1.94. The summed E-state index contributed by atoms with van der Waals surface area (Å²) in [5.74, 6) is 0. The van der Waals surface area contributed by atoms with E-state index >= 15 is 0 Å². The lowest BCUT2D eigenvalue weighted by atomic mass is 9.99. The van der Waals surface area contributed by atoms with Gasteiger partial charge in [0.15, 0.2) is 0 Å². The van der Waals surface area contributed by atoms with Gasteiger partial charge in [-0.3, -0.25) is 4.68 Å². The zero-order chi connectivity index (χ0) is 15.4. The zero-order valence-electron chi connectivity index (χ0n) is 13.1. The first-order valence-corrected chi connectivity index (χ1v) is 7.91. The third kappa shape index (κ3) is 3.86. The Hall–Kier alpha value is -1.32. The van der Waals surface area contributed by atoms with E-state index in [1.807, 2.05) is 11.7 Å². The van der Waals surface area contributed by atoms with E-state index in [0.29, 0.717) is 0 Å². The van der Waals surface area contributed by atoms with Crippen LogP contribution in [0.15, 0.2) is 24.3 Å². The standard InChI is InChI=1S/C17H24ClN3/c1-4-15-17(18)16(21(3)20-15)11-14(19)10-9-13-8-6-5-7-12(13)2/h5-8,14H,4,9-11,19H2,1-3H3. The van der Waals surface area contributed by atoms with E-state index in [0.717, 1.165) is 42.1 Å². The predicted molar refractivity (Wildman–Crippen MR) is 88.8 cm³/mol. The SMILES string of the molecule is CCc1nn(C)c(CC(N)CCc2ccccc2C)c1Cl. The van der Waals surface area contributed by atoms with Crippen molar-refractivity contribution < 1.29 is 0 Å². The van der Waals surface area contributed by atoms with E-state index in [1.165, 1.54) is 11.1 Å². The van der Waals surface area contributed by atoms with E-state index in [4.69, 9.17) is 17.3 Å². The molecule has 1 heterocycles. The number of aryl methyl sites for hydroxylation is 4. The van der Waals surface area contributed by atoms with Gasteiger partial charge in [0, 0.05) is 19.5 Å². The second kappa shape index (κ2) is 7.10. The van der Waals surface area contributed by atoms with Crippen LogP contribution in [0.3, 0.4) is 0 Å². The van der Waals surface area contributed by atoms with Crippen molar-refractivity contribution in [3.63, 3.8) is 0 Å². The molecule has 0 bridgehead atoms. The fourth-order valence-corrected chi connectivity index (χ4v) is 2.99. The molecular weight excluding hydrogens is 282 g/mol. The molecule has 0 aliphatic heterocycles. The van der Waals surface area contributed by atoms with Crippen LogP contribution in [-0.4, -0.2) is 15.8 Å². The van der Waals surface area contributed by atoms with Crippen LogP contribution in [0.25, 0.3) is 0 Å². The largest absolute Gasteiger partial charge is 0.327 e. The van der Waals surface area contributed by atoms with Gasteiger partial charge in [0.1, 0.15) is 0 Å². The molecule has 2 rings (SSSR count). The highest BCUT2D eigenvalue weighted by Crippen LogP contribution is 2.22. The lowest BCUT2D eigenvalue weighted by Crippen LogP contribution is -2.25. The molecule has 2 aromatic rings. The van der Waals surface area contributed by atoms with E-state index in [-0.39, 0.29) is 6.04 Å². The molecule has 0 radical (unpaired) electrons. The average Bonchev–Trinajstić information content (AvgIpc) is 2.74. The highest BCUT2D eigenvalue weighted by Gasteiger charge is 2.16. The summed E-state index contributed by atoms with van der Waals surface area (Å²) >= 11 is 6.38. The summed E-state index contributed by atoms with van der Waals surface area (Å²) in [4.78, 5) is 0. The molecule has 1 unspecified atom stereocenters. The quantitative estimate of drug-likeness (QED) is 0.888. The van der Waals surface area contributed by atoms with E-state index < -0.39 is 0 Å². The molecule has 21 heavy (non-hydrogen) atoms. The van der Waals surface area contributed by atoms with Gasteiger partial charge < -0.3 is 5.73 Å². The maximum atomic E-state index is 6.38. The minimum Gasteiger partial charge on any atom is -0.327 e. The Balaban J connectivity index is 1.98. The lowest BCUT2D eigenvalue weighted by molar-refractivity contribution is 0.577. The predicted octanol–water partition coefficient (Wildman–Crippen LogP) is 3.45. The third-order valence-corrected chi connectivity index (χ3v) is 4.44. The second-order valence-electron chi connectivity index (χ2n) is 5.61. The van der Waals surface area contributed by atoms with Crippen molar-refractivity contribution in [2.75, 3.05) is 0 Å². The van der Waals surface area contributed by atoms with Crippen LogP contribution in [0.2, 0.25) is 5.02 Å². The van der Waals surface area contributed by atoms with Crippen molar-refractivity contribution in [3.8, 4) is 0 Å². The molecule has 4 heteroatoms. The zero-order valence-corrected chi connectivity index (χ0v) is 13.8. The topological polar surface area (TPSA) is 43.8 Å². The number of aromatic nitrogens is 2. The van der Waals surface area contributed by atoms with Gasteiger partial charge in [-0.2, -0.15) is 5.10 Å². The van der Waals surface area contributed by atoms with Crippen LogP contribution in [-0.2, 0) is 26.3 Å². The van der Waals surface area contributed by atoms with E-state index in [2.05, 4.69) is 43.2 Å². The van der Waals surface area contributed by atoms with Gasteiger partial charge in [-0.15, -0.1) is 0 Å². The summed E-state index contributed by atoms with van der Waals surface area (Å²) in [5, 5.41) is 5.23. The van der Waals surface area contributed by atoms with Crippen LogP contribution in [0, 0.1) is 6.92 Å². The fourth-order valence-electron chi connectivity index (χ4n) is 2.62. The minimum absolute atomic E-state index is 0.0993. The molecule has 0 fully saturated rings. The number of hydrogen-bond donors (Lipinski definition) is 1. The lowest BCUT2D eigenvalue weighted by Gasteiger charge is -2.13. The van der Waals surface area contributed by atoms with Crippen molar-refractivity contribution >= 4 is 11.6 Å². The Bertz CT molecular complexity index is 604. The van der Waals surface area contributed by atoms with Gasteiger partial charge in [0.25, 0.3) is 0 Å². The monoisotopic (exact) mass is 305 g/mol. The Morgan fingerprint density at radius 1 is 1.33 bits per heavy atom. The van der Waals surface area contributed by atoms with Gasteiger partial charge in [0.2, 0.25) is 0 Å². The highest BCUT2D eigenvalue weighted by molar-refractivity contribution is 6.31. The highest BCUT2D eigenvalue weighted by atomic mass is 35.5. The number of halogens is 1. The maximum absolute atomic E-state index is 6.38. The molecule has 0 amide bonds. The van der Waals surface area contributed by atoms with Gasteiger partial charge in [-0.1, -0.05) is 42.8 Å². The first-order valence-electron chi connectivity index (χ1n) is 7.53. The molecule has 1 aromatic carbocycles. The summed E-state index contributed by atoms with van der Waals surface area (Å²) < 4.78 is 1.87. The molecule has 0 aliphatic carbocycles. The van der Waals surface area contributed by atoms with Crippen molar-refractivity contribution in [2.24, 2.45) is 12.8 Å². The summed E-state index contributed by atoms with van der Waals surface area (Å²) in [6.45, 7) is 4.21. The van der Waals surface area contributed by atoms with Gasteiger partial charge >= 0.3 is 0 Å². The molecule has 0 saturated heterocycles. The van der Waals surface area contributed by atoms with E-state index in [1.54, 1.807) is 0 Å². The summed E-state index contributed by atoms with van der Waals surface area (Å²) in [5.41, 5.74) is 11.0. The Labute approximate surface area is 132 Å². The van der Waals surface area contributed by atoms with Crippen molar-refractivity contribution in [1.82, 2.24) is 9.78 Å². The molecule has 1 atom stereocenters. The number of hydrogen-bond acceptors (Lipinski definition) is 2. The van der Waals surface area contributed by atoms with E-state index in [9.17, 15) is 0 Å². The smallest absolute Gasteiger partial charge is 0.0850 e. The van der Waals surface area contributed by atoms with Gasteiger partial charge in [-0.05, 0) is 37.3 Å². The number of nitrogens with two attached hydrogens (primary N) is 1. The normalized spacial score (nSPS) is 12.6. The Kier molecular flexibility index (Phi) is 5.43. The molecule has 3 nitrogen and oxygen atoms in total. The first-order chi connectivity index (χ1) is 10.0. The molecule has 0 saturated carbocycles. The number of nitrogens with zero attached hydrogens (tertiary/aromatic N) is 2. The summed E-state index contributed by atoms with van der Waals surface area (Å²) in [6, 6.07) is 8.57. The van der Waals surface area contributed by atoms with Crippen LogP contribution >= 0.6 is 11.6 Å². The van der Waals surface area contributed by atoms with Crippen LogP contribution in [0.1, 0.15) is 35.9 Å². The number of benzene rings is 1. The molecule has 1 aromatic heterocycles.